The van der Waals surface area contributed by atoms with Crippen molar-refractivity contribution in [2.45, 2.75) is 12.8 Å². The summed E-state index contributed by atoms with van der Waals surface area (Å²) in [6.07, 6.45) is 1.87. The van der Waals surface area contributed by atoms with Crippen molar-refractivity contribution < 1.29 is 9.47 Å². The number of benzene rings is 2. The average molecular weight is 341 g/mol. The van der Waals surface area contributed by atoms with Crippen molar-refractivity contribution in [2.24, 2.45) is 4.99 Å². The summed E-state index contributed by atoms with van der Waals surface area (Å²) in [5.74, 6) is 2.59. The zero-order valence-corrected chi connectivity index (χ0v) is 15.2. The molecule has 2 aromatic rings. The second-order valence-corrected chi connectivity index (χ2v) is 5.62. The lowest BCUT2D eigenvalue weighted by molar-refractivity contribution is 0.414. The fourth-order valence-corrected chi connectivity index (χ4v) is 2.46. The Bertz CT molecular complexity index is 596. The highest BCUT2D eigenvalue weighted by Crippen LogP contribution is 2.12. The van der Waals surface area contributed by atoms with Crippen molar-refractivity contribution in [1.29, 1.82) is 0 Å². The molecule has 0 amide bonds. The SMILES string of the molecule is CN=C(NCCc1ccc(OC)cc1)NCCc1ccc(OC)cc1. The lowest BCUT2D eigenvalue weighted by Gasteiger charge is -2.12. The third-order valence-electron chi connectivity index (χ3n) is 3.95. The van der Waals surface area contributed by atoms with Crippen molar-refractivity contribution in [1.82, 2.24) is 10.6 Å². The van der Waals surface area contributed by atoms with Crippen LogP contribution in [0.1, 0.15) is 11.1 Å². The fraction of sp³-hybridized carbons (Fsp3) is 0.350. The molecule has 2 aromatic carbocycles. The van der Waals surface area contributed by atoms with E-state index < -0.39 is 0 Å². The summed E-state index contributed by atoms with van der Waals surface area (Å²) < 4.78 is 10.3. The van der Waals surface area contributed by atoms with E-state index in [1.807, 2.05) is 24.3 Å². The maximum absolute atomic E-state index is 5.17. The van der Waals surface area contributed by atoms with Gasteiger partial charge < -0.3 is 20.1 Å². The van der Waals surface area contributed by atoms with Crippen LogP contribution in [0.15, 0.2) is 53.5 Å². The minimum absolute atomic E-state index is 0.821. The highest BCUT2D eigenvalue weighted by atomic mass is 16.5. The van der Waals surface area contributed by atoms with Gasteiger partial charge in [-0.25, -0.2) is 0 Å². The molecule has 2 rings (SSSR count). The van der Waals surface area contributed by atoms with Crippen LogP contribution < -0.4 is 20.1 Å². The predicted octanol–water partition coefficient (Wildman–Crippen LogP) is 2.65. The molecule has 0 aliphatic rings. The van der Waals surface area contributed by atoms with E-state index in [-0.39, 0.29) is 0 Å². The van der Waals surface area contributed by atoms with Crippen LogP contribution >= 0.6 is 0 Å². The topological polar surface area (TPSA) is 54.9 Å². The second kappa shape index (κ2) is 10.2. The maximum Gasteiger partial charge on any atom is 0.190 e. The van der Waals surface area contributed by atoms with Gasteiger partial charge in [-0.2, -0.15) is 0 Å². The first kappa shape index (κ1) is 18.6. The van der Waals surface area contributed by atoms with Crippen LogP contribution in [0, 0.1) is 0 Å². The zero-order chi connectivity index (χ0) is 17.9. The number of nitrogens with one attached hydrogen (secondary N) is 2. The predicted molar refractivity (Wildman–Crippen MR) is 103 cm³/mol. The Morgan fingerprint density at radius 2 is 1.16 bits per heavy atom. The van der Waals surface area contributed by atoms with E-state index in [1.165, 1.54) is 11.1 Å². The molecule has 0 aliphatic heterocycles. The van der Waals surface area contributed by atoms with Gasteiger partial charge in [0.25, 0.3) is 0 Å². The first-order chi connectivity index (χ1) is 12.2. The molecule has 0 heterocycles. The lowest BCUT2D eigenvalue weighted by atomic mass is 10.1. The van der Waals surface area contributed by atoms with Gasteiger partial charge in [0.15, 0.2) is 5.96 Å². The van der Waals surface area contributed by atoms with E-state index in [2.05, 4.69) is 39.9 Å². The summed E-state index contributed by atoms with van der Waals surface area (Å²) in [6, 6.07) is 16.3. The average Bonchev–Trinajstić information content (AvgIpc) is 2.67. The van der Waals surface area contributed by atoms with Crippen LogP contribution in [0.2, 0.25) is 0 Å². The first-order valence-corrected chi connectivity index (χ1v) is 8.45. The summed E-state index contributed by atoms with van der Waals surface area (Å²) in [5, 5.41) is 6.68. The third-order valence-corrected chi connectivity index (χ3v) is 3.95. The number of rotatable bonds is 8. The lowest BCUT2D eigenvalue weighted by Crippen LogP contribution is -2.39. The summed E-state index contributed by atoms with van der Waals surface area (Å²) in [7, 11) is 5.15. The Balaban J connectivity index is 1.69. The number of ether oxygens (including phenoxy) is 2. The number of nitrogens with zero attached hydrogens (tertiary/aromatic N) is 1. The molecule has 0 bridgehead atoms. The van der Waals surface area contributed by atoms with Crippen molar-refractivity contribution in [3.63, 3.8) is 0 Å². The molecule has 134 valence electrons. The maximum atomic E-state index is 5.17. The van der Waals surface area contributed by atoms with Gasteiger partial charge in [0.05, 0.1) is 14.2 Å². The van der Waals surface area contributed by atoms with E-state index in [1.54, 1.807) is 21.3 Å². The molecule has 0 saturated heterocycles. The van der Waals surface area contributed by atoms with Crippen LogP contribution in [0.5, 0.6) is 11.5 Å². The summed E-state index contributed by atoms with van der Waals surface area (Å²) in [5.41, 5.74) is 2.53. The molecule has 0 radical (unpaired) electrons. The molecule has 0 unspecified atom stereocenters. The van der Waals surface area contributed by atoms with Gasteiger partial charge in [0, 0.05) is 20.1 Å². The number of methoxy groups -OCH3 is 2. The van der Waals surface area contributed by atoms with E-state index in [4.69, 9.17) is 9.47 Å². The van der Waals surface area contributed by atoms with Crippen LogP contribution in [0.4, 0.5) is 0 Å². The molecule has 0 atom stereocenters. The van der Waals surface area contributed by atoms with E-state index in [9.17, 15) is 0 Å². The van der Waals surface area contributed by atoms with Gasteiger partial charge in [-0.15, -0.1) is 0 Å². The molecule has 0 aromatic heterocycles. The Morgan fingerprint density at radius 1 is 0.760 bits per heavy atom. The minimum atomic E-state index is 0.821. The largest absolute Gasteiger partial charge is 0.497 e. The standard InChI is InChI=1S/C20H27N3O2/c1-21-20(22-14-12-16-4-8-18(24-2)9-5-16)23-15-13-17-6-10-19(25-3)11-7-17/h4-11H,12-15H2,1-3H3,(H2,21,22,23). The number of hydrogen-bond donors (Lipinski definition) is 2. The zero-order valence-electron chi connectivity index (χ0n) is 15.2. The molecule has 25 heavy (non-hydrogen) atoms. The Kier molecular flexibility index (Phi) is 7.63. The monoisotopic (exact) mass is 341 g/mol. The Hall–Kier alpha value is -2.69. The highest BCUT2D eigenvalue weighted by Gasteiger charge is 2.00. The number of guanidine groups is 1. The van der Waals surface area contributed by atoms with Gasteiger partial charge in [-0.05, 0) is 48.2 Å². The van der Waals surface area contributed by atoms with Gasteiger partial charge in [-0.1, -0.05) is 24.3 Å². The fourth-order valence-electron chi connectivity index (χ4n) is 2.46. The molecule has 0 saturated carbocycles. The second-order valence-electron chi connectivity index (χ2n) is 5.62. The van der Waals surface area contributed by atoms with Crippen molar-refractivity contribution in [3.8, 4) is 11.5 Å². The number of hydrogen-bond acceptors (Lipinski definition) is 3. The van der Waals surface area contributed by atoms with E-state index in [0.717, 1.165) is 43.4 Å². The molecule has 0 spiro atoms. The van der Waals surface area contributed by atoms with Crippen molar-refractivity contribution in [3.05, 3.63) is 59.7 Å². The molecule has 5 heteroatoms. The van der Waals surface area contributed by atoms with Crippen molar-refractivity contribution >= 4 is 5.96 Å². The smallest absolute Gasteiger partial charge is 0.190 e. The summed E-state index contributed by atoms with van der Waals surface area (Å²) in [4.78, 5) is 4.26. The Labute approximate surface area is 150 Å². The molecular weight excluding hydrogens is 314 g/mol. The van der Waals surface area contributed by atoms with Gasteiger partial charge in [-0.3, -0.25) is 4.99 Å². The van der Waals surface area contributed by atoms with E-state index in [0.29, 0.717) is 0 Å². The minimum Gasteiger partial charge on any atom is -0.497 e. The highest BCUT2D eigenvalue weighted by molar-refractivity contribution is 5.79. The van der Waals surface area contributed by atoms with Gasteiger partial charge in [0.2, 0.25) is 0 Å². The first-order valence-electron chi connectivity index (χ1n) is 8.45. The summed E-state index contributed by atoms with van der Waals surface area (Å²) in [6.45, 7) is 1.66. The molecule has 2 N–H and O–H groups in total. The van der Waals surface area contributed by atoms with Crippen molar-refractivity contribution in [2.75, 3.05) is 34.4 Å². The van der Waals surface area contributed by atoms with Crippen LogP contribution in [-0.4, -0.2) is 40.3 Å². The summed E-state index contributed by atoms with van der Waals surface area (Å²) >= 11 is 0. The van der Waals surface area contributed by atoms with Gasteiger partial charge in [0.1, 0.15) is 11.5 Å². The molecule has 0 aliphatic carbocycles. The third kappa shape index (κ3) is 6.37. The number of aliphatic imine (C=N–C) groups is 1. The normalized spacial score (nSPS) is 10.0. The van der Waals surface area contributed by atoms with Crippen LogP contribution in [0.25, 0.3) is 0 Å². The van der Waals surface area contributed by atoms with Gasteiger partial charge >= 0.3 is 0 Å². The molecule has 5 nitrogen and oxygen atoms in total. The van der Waals surface area contributed by atoms with Crippen LogP contribution in [-0.2, 0) is 12.8 Å². The van der Waals surface area contributed by atoms with E-state index >= 15 is 0 Å². The quantitative estimate of drug-likeness (QED) is 0.572. The Morgan fingerprint density at radius 3 is 1.48 bits per heavy atom. The molecular formula is C20H27N3O2. The van der Waals surface area contributed by atoms with Crippen LogP contribution in [0.3, 0.4) is 0 Å². The molecule has 0 fully saturated rings.